The molecule has 1 aromatic rings. The van der Waals surface area contributed by atoms with Gasteiger partial charge in [0, 0.05) is 12.5 Å². The molecule has 1 aliphatic rings. The average molecular weight is 262 g/mol. The lowest BCUT2D eigenvalue weighted by Gasteiger charge is -2.25. The van der Waals surface area contributed by atoms with E-state index in [9.17, 15) is 9.59 Å². The van der Waals surface area contributed by atoms with Gasteiger partial charge in [0.15, 0.2) is 0 Å². The molecule has 1 fully saturated rings. The molecule has 0 aliphatic carbocycles. The first kappa shape index (κ1) is 13.5. The van der Waals surface area contributed by atoms with Crippen molar-refractivity contribution in [1.29, 1.82) is 0 Å². The summed E-state index contributed by atoms with van der Waals surface area (Å²) in [6, 6.07) is 7.42. The summed E-state index contributed by atoms with van der Waals surface area (Å²) < 4.78 is 5.11. The number of methoxy groups -OCH3 is 1. The highest BCUT2D eigenvalue weighted by molar-refractivity contribution is 6.00. The van der Waals surface area contributed by atoms with Gasteiger partial charge in [-0.05, 0) is 31.0 Å². The van der Waals surface area contributed by atoms with E-state index >= 15 is 0 Å². The first-order valence-corrected chi connectivity index (χ1v) is 6.34. The molecule has 102 valence electrons. The predicted octanol–water partition coefficient (Wildman–Crippen LogP) is 1.15. The number of benzene rings is 1. The number of carbonyl (C=O) groups is 2. The maximum atomic E-state index is 11.7. The summed E-state index contributed by atoms with van der Waals surface area (Å²) in [6.07, 6.45) is 0.934. The minimum absolute atomic E-state index is 0.0369. The van der Waals surface area contributed by atoms with Gasteiger partial charge in [-0.1, -0.05) is 12.1 Å². The summed E-state index contributed by atoms with van der Waals surface area (Å²) in [6.45, 7) is 1.99. The Labute approximate surface area is 112 Å². The second-order valence-electron chi connectivity index (χ2n) is 4.67. The molecule has 0 saturated carbocycles. The Morgan fingerprint density at radius 1 is 1.32 bits per heavy atom. The second-order valence-corrected chi connectivity index (χ2v) is 4.67. The molecule has 2 atom stereocenters. The number of piperidine rings is 1. The summed E-state index contributed by atoms with van der Waals surface area (Å²) >= 11 is 0. The number of carbonyl (C=O) groups excluding carboxylic acids is 2. The topological polar surface area (TPSA) is 67.4 Å². The van der Waals surface area contributed by atoms with Gasteiger partial charge in [0.25, 0.3) is 0 Å². The van der Waals surface area contributed by atoms with E-state index in [-0.39, 0.29) is 23.9 Å². The predicted molar refractivity (Wildman–Crippen MR) is 70.7 cm³/mol. The zero-order valence-corrected chi connectivity index (χ0v) is 11.1. The zero-order valence-electron chi connectivity index (χ0n) is 11.1. The lowest BCUT2D eigenvalue weighted by atomic mass is 10.0. The Balaban J connectivity index is 1.98. The summed E-state index contributed by atoms with van der Waals surface area (Å²) in [5, 5.41) is 5.58. The van der Waals surface area contributed by atoms with Crippen molar-refractivity contribution in [3.8, 4) is 5.75 Å². The van der Waals surface area contributed by atoms with Crippen LogP contribution in [0.4, 0.5) is 0 Å². The van der Waals surface area contributed by atoms with E-state index in [4.69, 9.17) is 4.74 Å². The third-order valence-corrected chi connectivity index (χ3v) is 3.31. The first-order valence-electron chi connectivity index (χ1n) is 6.34. The summed E-state index contributed by atoms with van der Waals surface area (Å²) in [7, 11) is 1.63. The van der Waals surface area contributed by atoms with Crippen molar-refractivity contribution in [1.82, 2.24) is 10.6 Å². The molecule has 1 saturated heterocycles. The molecular weight excluding hydrogens is 244 g/mol. The van der Waals surface area contributed by atoms with Crippen LogP contribution in [-0.4, -0.2) is 25.0 Å². The molecule has 2 unspecified atom stereocenters. The summed E-state index contributed by atoms with van der Waals surface area (Å²) in [5.74, 6) is 0.369. The van der Waals surface area contributed by atoms with E-state index in [0.29, 0.717) is 12.8 Å². The fourth-order valence-corrected chi connectivity index (χ4v) is 2.14. The standard InChI is InChI=1S/C14H18N2O3/c1-9(10-3-5-11(19-2)6-4-10)15-12-7-8-13(17)16-14(12)18/h3-6,9,12,15H,7-8H2,1-2H3,(H,16,17,18). The van der Waals surface area contributed by atoms with Crippen molar-refractivity contribution in [3.63, 3.8) is 0 Å². The number of amides is 2. The smallest absolute Gasteiger partial charge is 0.243 e. The van der Waals surface area contributed by atoms with Gasteiger partial charge in [0.05, 0.1) is 13.2 Å². The summed E-state index contributed by atoms with van der Waals surface area (Å²) in [4.78, 5) is 22.7. The normalized spacial score (nSPS) is 20.8. The number of hydrogen-bond donors (Lipinski definition) is 2. The van der Waals surface area contributed by atoms with Crippen LogP contribution in [0.2, 0.25) is 0 Å². The number of hydrogen-bond acceptors (Lipinski definition) is 4. The van der Waals surface area contributed by atoms with E-state index < -0.39 is 0 Å². The molecule has 0 aromatic heterocycles. The van der Waals surface area contributed by atoms with Gasteiger partial charge >= 0.3 is 0 Å². The highest BCUT2D eigenvalue weighted by atomic mass is 16.5. The Kier molecular flexibility index (Phi) is 4.16. The minimum Gasteiger partial charge on any atom is -0.497 e. The molecule has 1 heterocycles. The molecule has 2 rings (SSSR count). The van der Waals surface area contributed by atoms with Crippen LogP contribution in [0.15, 0.2) is 24.3 Å². The van der Waals surface area contributed by atoms with E-state index in [1.807, 2.05) is 31.2 Å². The Morgan fingerprint density at radius 2 is 2.00 bits per heavy atom. The van der Waals surface area contributed by atoms with Crippen LogP contribution in [0, 0.1) is 0 Å². The monoisotopic (exact) mass is 262 g/mol. The SMILES string of the molecule is COc1ccc(C(C)NC2CCC(=O)NC2=O)cc1. The third kappa shape index (κ3) is 3.32. The van der Waals surface area contributed by atoms with E-state index in [1.54, 1.807) is 7.11 Å². The fraction of sp³-hybridized carbons (Fsp3) is 0.429. The van der Waals surface area contributed by atoms with Crippen molar-refractivity contribution < 1.29 is 14.3 Å². The average Bonchev–Trinajstić information content (AvgIpc) is 2.42. The molecule has 5 heteroatoms. The van der Waals surface area contributed by atoms with Crippen LogP contribution < -0.4 is 15.4 Å². The minimum atomic E-state index is -0.310. The van der Waals surface area contributed by atoms with E-state index in [2.05, 4.69) is 10.6 Å². The molecule has 2 N–H and O–H groups in total. The van der Waals surface area contributed by atoms with Gasteiger partial charge in [0.1, 0.15) is 5.75 Å². The number of rotatable bonds is 4. The van der Waals surface area contributed by atoms with Crippen LogP contribution in [0.3, 0.4) is 0 Å². The van der Waals surface area contributed by atoms with E-state index in [0.717, 1.165) is 11.3 Å². The van der Waals surface area contributed by atoms with Gasteiger partial charge < -0.3 is 4.74 Å². The zero-order chi connectivity index (χ0) is 13.8. The number of nitrogens with one attached hydrogen (secondary N) is 2. The molecular formula is C14H18N2O3. The van der Waals surface area contributed by atoms with Crippen LogP contribution in [-0.2, 0) is 9.59 Å². The van der Waals surface area contributed by atoms with Crippen molar-refractivity contribution in [2.24, 2.45) is 0 Å². The van der Waals surface area contributed by atoms with Gasteiger partial charge in [-0.15, -0.1) is 0 Å². The molecule has 0 radical (unpaired) electrons. The maximum Gasteiger partial charge on any atom is 0.243 e. The first-order chi connectivity index (χ1) is 9.10. The van der Waals surface area contributed by atoms with Crippen molar-refractivity contribution in [2.75, 3.05) is 7.11 Å². The van der Waals surface area contributed by atoms with Crippen molar-refractivity contribution in [3.05, 3.63) is 29.8 Å². The molecule has 2 amide bonds. The van der Waals surface area contributed by atoms with Gasteiger partial charge in [-0.25, -0.2) is 0 Å². The van der Waals surface area contributed by atoms with Crippen molar-refractivity contribution in [2.45, 2.75) is 31.8 Å². The maximum absolute atomic E-state index is 11.7. The highest BCUT2D eigenvalue weighted by Crippen LogP contribution is 2.19. The van der Waals surface area contributed by atoms with Gasteiger partial charge in [-0.3, -0.25) is 20.2 Å². The molecule has 0 spiro atoms. The van der Waals surface area contributed by atoms with Crippen LogP contribution >= 0.6 is 0 Å². The van der Waals surface area contributed by atoms with Crippen LogP contribution in [0.25, 0.3) is 0 Å². The molecule has 0 bridgehead atoms. The van der Waals surface area contributed by atoms with Gasteiger partial charge in [0.2, 0.25) is 11.8 Å². The Bertz CT molecular complexity index is 470. The van der Waals surface area contributed by atoms with Gasteiger partial charge in [-0.2, -0.15) is 0 Å². The lowest BCUT2D eigenvalue weighted by molar-refractivity contribution is -0.134. The third-order valence-electron chi connectivity index (χ3n) is 3.31. The lowest BCUT2D eigenvalue weighted by Crippen LogP contribution is -2.51. The molecule has 1 aliphatic heterocycles. The van der Waals surface area contributed by atoms with Crippen LogP contribution in [0.5, 0.6) is 5.75 Å². The highest BCUT2D eigenvalue weighted by Gasteiger charge is 2.27. The Hall–Kier alpha value is -1.88. The number of imide groups is 1. The molecule has 19 heavy (non-hydrogen) atoms. The molecule has 1 aromatic carbocycles. The largest absolute Gasteiger partial charge is 0.497 e. The van der Waals surface area contributed by atoms with Crippen molar-refractivity contribution >= 4 is 11.8 Å². The number of ether oxygens (including phenoxy) is 1. The second kappa shape index (κ2) is 5.84. The van der Waals surface area contributed by atoms with Crippen LogP contribution in [0.1, 0.15) is 31.4 Å². The Morgan fingerprint density at radius 3 is 2.58 bits per heavy atom. The quantitative estimate of drug-likeness (QED) is 0.799. The summed E-state index contributed by atoms with van der Waals surface area (Å²) in [5.41, 5.74) is 1.07. The molecule has 5 nitrogen and oxygen atoms in total. The fourth-order valence-electron chi connectivity index (χ4n) is 2.14. The van der Waals surface area contributed by atoms with E-state index in [1.165, 1.54) is 0 Å².